The predicted octanol–water partition coefficient (Wildman–Crippen LogP) is 0.464. The van der Waals surface area contributed by atoms with Crippen molar-refractivity contribution in [3.05, 3.63) is 35.4 Å². The number of hydrogen-bond acceptors (Lipinski definition) is 6. The van der Waals surface area contributed by atoms with E-state index in [1.54, 1.807) is 0 Å². The number of carboxylic acids is 1. The maximum absolute atomic E-state index is 11.7. The molecule has 0 saturated heterocycles. The van der Waals surface area contributed by atoms with Crippen molar-refractivity contribution in [2.24, 2.45) is 5.41 Å². The van der Waals surface area contributed by atoms with Gasteiger partial charge in [0, 0.05) is 5.41 Å². The molecule has 0 bridgehead atoms. The first kappa shape index (κ1) is 16.1. The van der Waals surface area contributed by atoms with E-state index in [0.29, 0.717) is 0 Å². The topological polar surface area (TPSA) is 113 Å². The summed E-state index contributed by atoms with van der Waals surface area (Å²) < 4.78 is 0. The fourth-order valence-corrected chi connectivity index (χ4v) is 1.26. The number of benzene rings is 1. The molecule has 0 spiro atoms. The maximum Gasteiger partial charge on any atom is 0.373 e. The lowest BCUT2D eigenvalue weighted by Gasteiger charge is -2.22. The Morgan fingerprint density at radius 2 is 1.70 bits per heavy atom. The van der Waals surface area contributed by atoms with Crippen LogP contribution in [0.5, 0.6) is 0 Å². The number of carboxylic acid groups (broad SMARTS) is 1. The van der Waals surface area contributed by atoms with Crippen molar-refractivity contribution >= 4 is 11.9 Å². The Morgan fingerprint density at radius 3 is 2.20 bits per heavy atom. The minimum Gasteiger partial charge on any atom is -0.478 e. The zero-order valence-electron chi connectivity index (χ0n) is 10.9. The van der Waals surface area contributed by atoms with E-state index in [1.807, 2.05) is 0 Å². The smallest absolute Gasteiger partial charge is 0.373 e. The second kappa shape index (κ2) is 6.99. The predicted molar refractivity (Wildman–Crippen MR) is 67.0 cm³/mol. The summed E-state index contributed by atoms with van der Waals surface area (Å²) in [5.41, 5.74) is -1.30. The first-order chi connectivity index (χ1) is 9.43. The molecule has 20 heavy (non-hydrogen) atoms. The lowest BCUT2D eigenvalue weighted by molar-refractivity contribution is -0.263. The highest BCUT2D eigenvalue weighted by atomic mass is 17.2. The van der Waals surface area contributed by atoms with Gasteiger partial charge in [0.05, 0.1) is 24.3 Å². The van der Waals surface area contributed by atoms with E-state index < -0.39 is 17.4 Å². The number of rotatable bonds is 7. The van der Waals surface area contributed by atoms with Gasteiger partial charge in [0.2, 0.25) is 0 Å². The first-order valence-corrected chi connectivity index (χ1v) is 5.81. The lowest BCUT2D eigenvalue weighted by Crippen LogP contribution is -2.32. The molecule has 0 fully saturated rings. The summed E-state index contributed by atoms with van der Waals surface area (Å²) in [5, 5.41) is 27.0. The summed E-state index contributed by atoms with van der Waals surface area (Å²) in [4.78, 5) is 31.8. The van der Waals surface area contributed by atoms with Crippen LogP contribution in [-0.4, -0.2) is 47.1 Å². The molecule has 0 aliphatic heterocycles. The summed E-state index contributed by atoms with van der Waals surface area (Å²) in [6, 6.07) is 5.54. The molecule has 0 aromatic heterocycles. The molecule has 7 heteroatoms. The summed E-state index contributed by atoms with van der Waals surface area (Å²) in [6.07, 6.45) is 0. The van der Waals surface area contributed by atoms with Gasteiger partial charge in [-0.1, -0.05) is 19.1 Å². The quantitative estimate of drug-likeness (QED) is 0.492. The molecule has 0 atom stereocenters. The third kappa shape index (κ3) is 4.02. The van der Waals surface area contributed by atoms with E-state index in [4.69, 9.17) is 15.3 Å². The van der Waals surface area contributed by atoms with Gasteiger partial charge in [0.1, 0.15) is 6.61 Å². The summed E-state index contributed by atoms with van der Waals surface area (Å²) in [7, 11) is 0. The second-order valence-electron chi connectivity index (χ2n) is 4.61. The van der Waals surface area contributed by atoms with E-state index in [1.165, 1.54) is 31.2 Å². The van der Waals surface area contributed by atoms with Crippen LogP contribution in [0.2, 0.25) is 0 Å². The standard InChI is InChI=1S/C13H16O7/c1-13(6-14,7-15)8-19-20-12(18)10-5-3-2-4-9(10)11(16)17/h2-5,14-15H,6-8H2,1H3,(H,16,17). The van der Waals surface area contributed by atoms with Gasteiger partial charge in [0.25, 0.3) is 0 Å². The van der Waals surface area contributed by atoms with Crippen molar-refractivity contribution in [3.63, 3.8) is 0 Å². The molecule has 1 rings (SSSR count). The highest BCUT2D eigenvalue weighted by Crippen LogP contribution is 2.16. The summed E-state index contributed by atoms with van der Waals surface area (Å²) in [5.74, 6) is -2.21. The Hall–Kier alpha value is -1.96. The number of carbonyl (C=O) groups excluding carboxylic acids is 1. The largest absolute Gasteiger partial charge is 0.478 e. The van der Waals surface area contributed by atoms with Crippen LogP contribution in [0, 0.1) is 5.41 Å². The summed E-state index contributed by atoms with van der Waals surface area (Å²) >= 11 is 0. The number of hydrogen-bond donors (Lipinski definition) is 3. The Morgan fingerprint density at radius 1 is 1.15 bits per heavy atom. The van der Waals surface area contributed by atoms with Gasteiger partial charge in [-0.15, -0.1) is 0 Å². The molecule has 0 amide bonds. The fraction of sp³-hybridized carbons (Fsp3) is 0.385. The van der Waals surface area contributed by atoms with E-state index in [2.05, 4.69) is 9.78 Å². The molecule has 0 aliphatic carbocycles. The Kier molecular flexibility index (Phi) is 5.63. The van der Waals surface area contributed by atoms with Gasteiger partial charge in [-0.25, -0.2) is 9.59 Å². The summed E-state index contributed by atoms with van der Waals surface area (Å²) in [6.45, 7) is 0.604. The van der Waals surface area contributed by atoms with Gasteiger partial charge in [-0.3, -0.25) is 4.89 Å². The molecule has 0 saturated carbocycles. The normalized spacial score (nSPS) is 11.2. The van der Waals surface area contributed by atoms with Gasteiger partial charge >= 0.3 is 11.9 Å². The molecule has 7 nitrogen and oxygen atoms in total. The monoisotopic (exact) mass is 284 g/mol. The van der Waals surface area contributed by atoms with Crippen LogP contribution in [0.25, 0.3) is 0 Å². The molecule has 0 heterocycles. The Bertz CT molecular complexity index is 479. The molecule has 1 aromatic rings. The van der Waals surface area contributed by atoms with Crippen LogP contribution in [0.3, 0.4) is 0 Å². The third-order valence-corrected chi connectivity index (χ3v) is 2.68. The van der Waals surface area contributed by atoms with Crippen LogP contribution < -0.4 is 0 Å². The van der Waals surface area contributed by atoms with E-state index in [0.717, 1.165) is 0 Å². The van der Waals surface area contributed by atoms with Crippen LogP contribution in [0.15, 0.2) is 24.3 Å². The molecule has 0 aliphatic rings. The van der Waals surface area contributed by atoms with Gasteiger partial charge in [-0.2, -0.15) is 4.89 Å². The van der Waals surface area contributed by atoms with Crippen molar-refractivity contribution in [3.8, 4) is 0 Å². The lowest BCUT2D eigenvalue weighted by atomic mass is 9.95. The van der Waals surface area contributed by atoms with Crippen LogP contribution in [-0.2, 0) is 9.78 Å². The molecule has 0 unspecified atom stereocenters. The fourth-order valence-electron chi connectivity index (χ4n) is 1.26. The second-order valence-corrected chi connectivity index (χ2v) is 4.61. The van der Waals surface area contributed by atoms with Crippen molar-refractivity contribution in [2.75, 3.05) is 19.8 Å². The van der Waals surface area contributed by atoms with Gasteiger partial charge < -0.3 is 15.3 Å². The third-order valence-electron chi connectivity index (χ3n) is 2.68. The molecule has 3 N–H and O–H groups in total. The van der Waals surface area contributed by atoms with E-state index >= 15 is 0 Å². The molecular formula is C13H16O7. The zero-order chi connectivity index (χ0) is 15.2. The number of carbonyl (C=O) groups is 2. The van der Waals surface area contributed by atoms with Crippen LogP contribution >= 0.6 is 0 Å². The Balaban J connectivity index is 2.67. The minimum atomic E-state index is -1.26. The average molecular weight is 284 g/mol. The van der Waals surface area contributed by atoms with Crippen molar-refractivity contribution in [1.29, 1.82) is 0 Å². The van der Waals surface area contributed by atoms with Crippen molar-refractivity contribution in [1.82, 2.24) is 0 Å². The number of aliphatic hydroxyl groups is 2. The molecule has 1 aromatic carbocycles. The highest BCUT2D eigenvalue weighted by Gasteiger charge is 2.25. The zero-order valence-corrected chi connectivity index (χ0v) is 10.9. The van der Waals surface area contributed by atoms with Crippen molar-refractivity contribution < 1.29 is 34.7 Å². The maximum atomic E-state index is 11.7. The number of aliphatic hydroxyl groups excluding tert-OH is 2. The minimum absolute atomic E-state index is 0.144. The first-order valence-electron chi connectivity index (χ1n) is 5.81. The van der Waals surface area contributed by atoms with E-state index in [-0.39, 0.29) is 30.9 Å². The van der Waals surface area contributed by atoms with Gasteiger partial charge in [0.15, 0.2) is 0 Å². The van der Waals surface area contributed by atoms with Crippen LogP contribution in [0.1, 0.15) is 27.6 Å². The molecule has 110 valence electrons. The highest BCUT2D eigenvalue weighted by molar-refractivity contribution is 6.02. The average Bonchev–Trinajstić information content (AvgIpc) is 2.46. The van der Waals surface area contributed by atoms with E-state index in [9.17, 15) is 9.59 Å². The van der Waals surface area contributed by atoms with Crippen LogP contribution in [0.4, 0.5) is 0 Å². The molecular weight excluding hydrogens is 268 g/mol. The SMILES string of the molecule is CC(CO)(CO)COOC(=O)c1ccccc1C(=O)O. The molecule has 0 radical (unpaired) electrons. The van der Waals surface area contributed by atoms with Crippen molar-refractivity contribution in [2.45, 2.75) is 6.92 Å². The number of aromatic carboxylic acids is 1. The Labute approximate surface area is 115 Å². The van der Waals surface area contributed by atoms with Gasteiger partial charge in [-0.05, 0) is 12.1 Å².